The second-order valence-corrected chi connectivity index (χ2v) is 24.4. The fourth-order valence-corrected chi connectivity index (χ4v) is 11.2. The number of morpholine rings is 3. The van der Waals surface area contributed by atoms with Crippen LogP contribution in [0.5, 0.6) is 17.2 Å². The fourth-order valence-electron chi connectivity index (χ4n) is 11.2. The quantitative estimate of drug-likeness (QED) is 0.0688. The monoisotopic (exact) mass is 1440 g/mol. The number of nitrogens with one attached hydrogen (secondary N) is 3. The molecule has 9 aromatic heterocycles. The number of carbonyl (C=O) groups excluding carboxylic acids is 3. The highest BCUT2D eigenvalue weighted by Gasteiger charge is 2.17. The second kappa shape index (κ2) is 36.5. The number of carbonyl (C=O) groups is 3. The Morgan fingerprint density at radius 1 is 0.421 bits per heavy atom. The van der Waals surface area contributed by atoms with Gasteiger partial charge in [0.2, 0.25) is 0 Å². The van der Waals surface area contributed by atoms with Crippen molar-refractivity contribution in [1.29, 1.82) is 0 Å². The lowest BCUT2D eigenvalue weighted by Gasteiger charge is -2.26. The van der Waals surface area contributed by atoms with Gasteiger partial charge in [0.1, 0.15) is 48.4 Å². The molecule has 3 aromatic carbocycles. The minimum Gasteiger partial charge on any atom is -0.492 e. The first-order chi connectivity index (χ1) is 52.5. The Balaban J connectivity index is 0.000000142. The third-order valence-electron chi connectivity index (χ3n) is 16.9. The molecular weight excluding hydrogens is 1360 g/mol. The van der Waals surface area contributed by atoms with Gasteiger partial charge in [-0.3, -0.25) is 44.0 Å². The fraction of sp³-hybridized carbons (Fsp3) is 0.241. The molecule has 0 aliphatic carbocycles. The molecule has 0 spiro atoms. The van der Waals surface area contributed by atoms with E-state index in [-0.39, 0.29) is 17.6 Å². The molecule has 0 radical (unpaired) electrons. The van der Waals surface area contributed by atoms with E-state index < -0.39 is 11.7 Å². The summed E-state index contributed by atoms with van der Waals surface area (Å²) in [6, 6.07) is 33.3. The van der Waals surface area contributed by atoms with Crippen LogP contribution in [0.25, 0.3) is 16.9 Å². The molecule has 0 atom stereocenters. The van der Waals surface area contributed by atoms with E-state index >= 15 is 0 Å². The Labute approximate surface area is 615 Å². The molecule has 27 nitrogen and oxygen atoms in total. The summed E-state index contributed by atoms with van der Waals surface area (Å²) in [5, 5.41) is 21.2. The van der Waals surface area contributed by atoms with Crippen LogP contribution in [0, 0.1) is 48.3 Å². The van der Waals surface area contributed by atoms with E-state index in [4.69, 9.17) is 28.4 Å². The zero-order valence-corrected chi connectivity index (χ0v) is 58.4. The molecule has 0 bridgehead atoms. The van der Waals surface area contributed by atoms with Crippen molar-refractivity contribution in [3.8, 4) is 52.8 Å². The number of pyridine rings is 3. The molecule has 12 heterocycles. The smallest absolute Gasteiger partial charge is 0.257 e. The van der Waals surface area contributed by atoms with E-state index in [0.717, 1.165) is 107 Å². The number of amides is 3. The number of nitrogens with zero attached hydrogens (tertiary/aromatic N) is 15. The van der Waals surface area contributed by atoms with E-state index in [1.807, 2.05) is 79.7 Å². The molecule has 12 aromatic rings. The minimum absolute atomic E-state index is 0.141. The first kappa shape index (κ1) is 72.5. The van der Waals surface area contributed by atoms with Gasteiger partial charge >= 0.3 is 0 Å². The van der Waals surface area contributed by atoms with E-state index in [1.54, 1.807) is 99.6 Å². The van der Waals surface area contributed by atoms with Gasteiger partial charge in [-0.25, -0.2) is 32.9 Å². The van der Waals surface area contributed by atoms with E-state index in [9.17, 15) is 18.8 Å². The highest BCUT2D eigenvalue weighted by molar-refractivity contribution is 6.05. The molecule has 3 saturated heterocycles. The molecule has 15 rings (SSSR count). The van der Waals surface area contributed by atoms with Gasteiger partial charge in [-0.1, -0.05) is 17.8 Å². The topological polar surface area (TPSA) is 282 Å². The van der Waals surface area contributed by atoms with Crippen molar-refractivity contribution in [2.75, 3.05) is 134 Å². The predicted molar refractivity (Wildman–Crippen MR) is 396 cm³/mol. The SMILES string of the molecule is Cc1cc(NC(=O)c2cncc(C#Cc3cnc4cccnn34)c2)ccc1OCCN1CCOCC1.O=C(Nc1ccc(OCCN2CCOCC2)c(F)c1)c1cncc(C#Cc2cnc3cccnn23)c1.O=C(Nc1ccc(OCCN2CCOCC2)cc1)c1cncc(C#Cc2cnc3cccnn23)c1. The first-order valence-electron chi connectivity index (χ1n) is 34.6. The third-order valence-corrected chi connectivity index (χ3v) is 16.9. The summed E-state index contributed by atoms with van der Waals surface area (Å²) < 4.78 is 52.9. The number of rotatable bonds is 18. The molecule has 3 N–H and O–H groups in total. The average molecular weight is 1440 g/mol. The summed E-state index contributed by atoms with van der Waals surface area (Å²) in [6.45, 7) is 15.9. The summed E-state index contributed by atoms with van der Waals surface area (Å²) in [5.41, 5.74) is 9.58. The van der Waals surface area contributed by atoms with Crippen molar-refractivity contribution in [3.05, 3.63) is 251 Å². The van der Waals surface area contributed by atoms with Gasteiger partial charge in [0.15, 0.2) is 28.5 Å². The summed E-state index contributed by atoms with van der Waals surface area (Å²) in [6.07, 6.45) is 19.2. The number of ether oxygens (including phenoxy) is 6. The number of imidazole rings is 3. The molecular formula is C79H73FN18O9. The minimum atomic E-state index is -0.547. The Morgan fingerprint density at radius 3 is 1.19 bits per heavy atom. The van der Waals surface area contributed by atoms with Gasteiger partial charge in [-0.05, 0) is 139 Å². The van der Waals surface area contributed by atoms with Crippen molar-refractivity contribution < 1.29 is 47.2 Å². The zero-order chi connectivity index (χ0) is 73.4. The summed E-state index contributed by atoms with van der Waals surface area (Å²) >= 11 is 0. The Hall–Kier alpha value is -12.9. The van der Waals surface area contributed by atoms with Crippen LogP contribution in [0.1, 0.15) is 70.4 Å². The number of benzene rings is 3. The van der Waals surface area contributed by atoms with Crippen LogP contribution >= 0.6 is 0 Å². The maximum atomic E-state index is 14.5. The largest absolute Gasteiger partial charge is 0.492 e. The van der Waals surface area contributed by atoms with Gasteiger partial charge < -0.3 is 44.4 Å². The van der Waals surface area contributed by atoms with Gasteiger partial charge in [-0.15, -0.1) is 0 Å². The lowest BCUT2D eigenvalue weighted by Crippen LogP contribution is -2.38. The van der Waals surface area contributed by atoms with Gasteiger partial charge in [0.05, 0.1) is 74.9 Å². The van der Waals surface area contributed by atoms with Crippen LogP contribution < -0.4 is 30.2 Å². The van der Waals surface area contributed by atoms with Crippen LogP contribution in [-0.2, 0) is 14.2 Å². The van der Waals surface area contributed by atoms with Crippen LogP contribution in [0.3, 0.4) is 0 Å². The zero-order valence-electron chi connectivity index (χ0n) is 58.4. The molecule has 3 amide bonds. The van der Waals surface area contributed by atoms with Gasteiger partial charge in [-0.2, -0.15) is 15.3 Å². The lowest BCUT2D eigenvalue weighted by molar-refractivity contribution is 0.0320. The van der Waals surface area contributed by atoms with Crippen LogP contribution in [0.4, 0.5) is 21.5 Å². The highest BCUT2D eigenvalue weighted by atomic mass is 19.1. The number of fused-ring (bicyclic) bond motifs is 3. The van der Waals surface area contributed by atoms with E-state index in [0.29, 0.717) is 113 Å². The lowest BCUT2D eigenvalue weighted by atomic mass is 10.1. The van der Waals surface area contributed by atoms with Gasteiger partial charge in [0, 0.05) is 154 Å². The molecule has 0 unspecified atom stereocenters. The number of aromatic nitrogens is 12. The number of anilines is 3. The maximum Gasteiger partial charge on any atom is 0.257 e. The molecule has 3 aliphatic heterocycles. The highest BCUT2D eigenvalue weighted by Crippen LogP contribution is 2.25. The number of halogens is 1. The standard InChI is InChI=1S/C27H26N6O3.C26H23FN6O3.C26H24N6O3/c1-20-15-23(5-7-25(20)36-14-11-32-9-12-35-13-10-32)31-27(34)22-16-21(17-28-18-22)4-6-24-19-29-26-3-2-8-30-33(24)26;27-23-15-21(4-6-24(23)36-13-10-32-8-11-35-12-9-32)31-26(34)20-14-19(16-28-17-20)3-5-22-18-29-25-2-1-7-30-33(22)25;33-26(30-22-4-7-24(8-5-22)35-15-12-31-10-13-34-14-11-31)21-16-20(17-27-18-21)3-6-23-19-28-25-2-1-9-29-32(23)25/h2-3,5,7-8,15-19H,9-14H2,1H3,(H,31,34);1-2,4,6-7,14-18H,8-13H2,(H,31,34);1-2,4-5,7-9,16-19H,10-15H2,(H,30,33). The summed E-state index contributed by atoms with van der Waals surface area (Å²) in [5.74, 6) is 18.3. The van der Waals surface area contributed by atoms with Gasteiger partial charge in [0.25, 0.3) is 17.7 Å². The molecule has 107 heavy (non-hydrogen) atoms. The molecule has 0 saturated carbocycles. The van der Waals surface area contributed by atoms with Crippen molar-refractivity contribution in [1.82, 2.24) is 73.4 Å². The van der Waals surface area contributed by atoms with Crippen molar-refractivity contribution in [2.24, 2.45) is 0 Å². The number of hydrogen-bond donors (Lipinski definition) is 3. The third kappa shape index (κ3) is 20.5. The Kier molecular flexibility index (Phi) is 24.8. The molecule has 3 fully saturated rings. The number of aryl methyl sites for hydroxylation is 1. The Bertz CT molecular complexity index is 5050. The normalized spacial score (nSPS) is 13.7. The van der Waals surface area contributed by atoms with Crippen LogP contribution in [0.2, 0.25) is 0 Å². The first-order valence-corrected chi connectivity index (χ1v) is 34.6. The van der Waals surface area contributed by atoms with Crippen molar-refractivity contribution >= 4 is 51.7 Å². The van der Waals surface area contributed by atoms with Crippen molar-refractivity contribution in [2.45, 2.75) is 6.92 Å². The van der Waals surface area contributed by atoms with Crippen LogP contribution in [0.15, 0.2) is 190 Å². The second-order valence-electron chi connectivity index (χ2n) is 24.4. The average Bonchev–Trinajstić information content (AvgIpc) is 1.83. The maximum absolute atomic E-state index is 14.5. The van der Waals surface area contributed by atoms with E-state index in [2.05, 4.69) is 111 Å². The predicted octanol–water partition coefficient (Wildman–Crippen LogP) is 7.91. The van der Waals surface area contributed by atoms with Crippen molar-refractivity contribution in [3.63, 3.8) is 0 Å². The molecule has 540 valence electrons. The molecule has 28 heteroatoms. The Morgan fingerprint density at radius 2 is 0.785 bits per heavy atom. The summed E-state index contributed by atoms with van der Waals surface area (Å²) in [4.78, 5) is 70.4. The van der Waals surface area contributed by atoms with Crippen LogP contribution in [-0.4, -0.2) is 210 Å². The van der Waals surface area contributed by atoms with E-state index in [1.165, 1.54) is 30.7 Å². The summed E-state index contributed by atoms with van der Waals surface area (Å²) in [7, 11) is 0. The number of hydrogen-bond acceptors (Lipinski definition) is 21. The molecule has 3 aliphatic rings.